The third-order valence-corrected chi connectivity index (χ3v) is 3.50. The summed E-state index contributed by atoms with van der Waals surface area (Å²) in [5, 5.41) is 9.25. The van der Waals surface area contributed by atoms with E-state index in [2.05, 4.69) is 0 Å². The Morgan fingerprint density at radius 2 is 2.05 bits per heavy atom. The molecular weight excluding hydrogens is 271 g/mol. The van der Waals surface area contributed by atoms with Gasteiger partial charge in [0.15, 0.2) is 0 Å². The lowest BCUT2D eigenvalue weighted by atomic mass is 9.90. The molecule has 3 nitrogen and oxygen atoms in total. The van der Waals surface area contributed by atoms with E-state index in [1.807, 2.05) is 12.1 Å². The first kappa shape index (κ1) is 14.8. The monoisotopic (exact) mass is 287 g/mol. The summed E-state index contributed by atoms with van der Waals surface area (Å²) in [6.07, 6.45) is -4.99. The first-order valence-electron chi connectivity index (χ1n) is 6.46. The molecule has 0 aliphatic carbocycles. The fourth-order valence-corrected chi connectivity index (χ4v) is 2.56. The molecule has 110 valence electrons. The SMILES string of the molecule is O=C(O)C1CN(CCCC(F)(F)F)Cc2ccccc21. The van der Waals surface area contributed by atoms with Gasteiger partial charge >= 0.3 is 12.1 Å². The minimum absolute atomic E-state index is 0.00198. The number of halogens is 3. The number of rotatable bonds is 4. The predicted octanol–water partition coefficient (Wildman–Crippen LogP) is 3.01. The Bertz CT molecular complexity index is 488. The van der Waals surface area contributed by atoms with E-state index in [0.717, 1.165) is 11.1 Å². The van der Waals surface area contributed by atoms with Gasteiger partial charge in [0.05, 0.1) is 5.92 Å². The highest BCUT2D eigenvalue weighted by Crippen LogP contribution is 2.29. The number of benzene rings is 1. The second kappa shape index (κ2) is 5.83. The van der Waals surface area contributed by atoms with Crippen molar-refractivity contribution >= 4 is 5.97 Å². The van der Waals surface area contributed by atoms with Crippen molar-refractivity contribution in [3.05, 3.63) is 35.4 Å². The molecule has 0 spiro atoms. The van der Waals surface area contributed by atoms with Crippen LogP contribution in [0, 0.1) is 0 Å². The molecule has 1 N–H and O–H groups in total. The van der Waals surface area contributed by atoms with Gasteiger partial charge in [0.25, 0.3) is 0 Å². The molecule has 0 bridgehead atoms. The molecule has 1 aliphatic rings. The number of nitrogens with zero attached hydrogens (tertiary/aromatic N) is 1. The Morgan fingerprint density at radius 1 is 1.35 bits per heavy atom. The molecule has 0 aromatic heterocycles. The Balaban J connectivity index is 2.03. The molecule has 0 radical (unpaired) electrons. The average molecular weight is 287 g/mol. The Morgan fingerprint density at radius 3 is 2.70 bits per heavy atom. The molecule has 1 atom stereocenters. The topological polar surface area (TPSA) is 40.5 Å². The van der Waals surface area contributed by atoms with Crippen molar-refractivity contribution < 1.29 is 23.1 Å². The number of carbonyl (C=O) groups is 1. The third-order valence-electron chi connectivity index (χ3n) is 3.50. The summed E-state index contributed by atoms with van der Waals surface area (Å²) in [4.78, 5) is 13.1. The molecule has 0 saturated heterocycles. The van der Waals surface area contributed by atoms with Gasteiger partial charge in [-0.2, -0.15) is 13.2 Å². The number of carboxylic acid groups (broad SMARTS) is 1. The van der Waals surface area contributed by atoms with Gasteiger partial charge in [0.2, 0.25) is 0 Å². The van der Waals surface area contributed by atoms with Gasteiger partial charge in [0, 0.05) is 19.5 Å². The summed E-state index contributed by atoms with van der Waals surface area (Å²) in [5.41, 5.74) is 1.66. The van der Waals surface area contributed by atoms with Crippen molar-refractivity contribution in [1.82, 2.24) is 4.90 Å². The van der Waals surface area contributed by atoms with E-state index in [0.29, 0.717) is 6.54 Å². The van der Waals surface area contributed by atoms with E-state index < -0.39 is 24.5 Å². The first-order valence-corrected chi connectivity index (χ1v) is 6.46. The first-order chi connectivity index (χ1) is 9.37. The summed E-state index contributed by atoms with van der Waals surface area (Å²) in [7, 11) is 0. The Labute approximate surface area is 115 Å². The van der Waals surface area contributed by atoms with Gasteiger partial charge in [-0.3, -0.25) is 9.69 Å². The van der Waals surface area contributed by atoms with Crippen molar-refractivity contribution in [2.45, 2.75) is 31.5 Å². The normalized spacial score (nSPS) is 19.6. The quantitative estimate of drug-likeness (QED) is 0.925. The largest absolute Gasteiger partial charge is 0.481 e. The number of carboxylic acids is 1. The summed E-state index contributed by atoms with van der Waals surface area (Å²) in [6, 6.07) is 7.22. The average Bonchev–Trinajstić information content (AvgIpc) is 2.36. The highest BCUT2D eigenvalue weighted by molar-refractivity contribution is 5.77. The fourth-order valence-electron chi connectivity index (χ4n) is 2.56. The highest BCUT2D eigenvalue weighted by atomic mass is 19.4. The van der Waals surface area contributed by atoms with E-state index in [-0.39, 0.29) is 19.5 Å². The summed E-state index contributed by atoms with van der Waals surface area (Å²) in [5.74, 6) is -1.59. The Kier molecular flexibility index (Phi) is 4.32. The lowest BCUT2D eigenvalue weighted by molar-refractivity contribution is -0.141. The zero-order valence-electron chi connectivity index (χ0n) is 10.9. The van der Waals surface area contributed by atoms with Crippen LogP contribution in [0.25, 0.3) is 0 Å². The van der Waals surface area contributed by atoms with Gasteiger partial charge in [-0.25, -0.2) is 0 Å². The number of aliphatic carboxylic acids is 1. The van der Waals surface area contributed by atoms with Gasteiger partial charge in [-0.05, 0) is 24.1 Å². The molecule has 2 rings (SSSR count). The predicted molar refractivity (Wildman–Crippen MR) is 67.4 cm³/mol. The van der Waals surface area contributed by atoms with Crippen molar-refractivity contribution in [3.8, 4) is 0 Å². The van der Waals surface area contributed by atoms with Crippen LogP contribution in [0.1, 0.15) is 29.9 Å². The number of hydrogen-bond donors (Lipinski definition) is 1. The van der Waals surface area contributed by atoms with Gasteiger partial charge < -0.3 is 5.11 Å². The van der Waals surface area contributed by atoms with Crippen molar-refractivity contribution in [2.24, 2.45) is 0 Å². The molecule has 0 amide bonds. The van der Waals surface area contributed by atoms with Crippen LogP contribution in [0.4, 0.5) is 13.2 Å². The Hall–Kier alpha value is -1.56. The third kappa shape index (κ3) is 3.72. The van der Waals surface area contributed by atoms with Gasteiger partial charge in [0.1, 0.15) is 0 Å². The molecule has 1 aliphatic heterocycles. The standard InChI is InChI=1S/C14H16F3NO2/c15-14(16,17)6-3-7-18-8-10-4-1-2-5-11(10)12(9-18)13(19)20/h1-2,4-5,12H,3,6-9H2,(H,19,20). The van der Waals surface area contributed by atoms with E-state index in [1.165, 1.54) is 0 Å². The van der Waals surface area contributed by atoms with Crippen LogP contribution >= 0.6 is 0 Å². The molecule has 6 heteroatoms. The van der Waals surface area contributed by atoms with Crippen molar-refractivity contribution in [3.63, 3.8) is 0 Å². The van der Waals surface area contributed by atoms with Crippen LogP contribution in [-0.4, -0.2) is 35.2 Å². The maximum atomic E-state index is 12.1. The number of hydrogen-bond acceptors (Lipinski definition) is 2. The second-order valence-electron chi connectivity index (χ2n) is 5.04. The van der Waals surface area contributed by atoms with Crippen LogP contribution < -0.4 is 0 Å². The molecule has 1 heterocycles. The van der Waals surface area contributed by atoms with Crippen molar-refractivity contribution in [1.29, 1.82) is 0 Å². The summed E-state index contributed by atoms with van der Waals surface area (Å²) in [6.45, 7) is 1.04. The smallest absolute Gasteiger partial charge is 0.389 e. The fraction of sp³-hybridized carbons (Fsp3) is 0.500. The lowest BCUT2D eigenvalue weighted by Gasteiger charge is -2.32. The summed E-state index contributed by atoms with van der Waals surface area (Å²) >= 11 is 0. The van der Waals surface area contributed by atoms with E-state index in [4.69, 9.17) is 0 Å². The second-order valence-corrected chi connectivity index (χ2v) is 5.04. The maximum Gasteiger partial charge on any atom is 0.389 e. The maximum absolute atomic E-state index is 12.1. The molecule has 0 fully saturated rings. The van der Waals surface area contributed by atoms with Crippen LogP contribution in [0.5, 0.6) is 0 Å². The van der Waals surface area contributed by atoms with E-state index in [9.17, 15) is 23.1 Å². The molecule has 1 unspecified atom stereocenters. The van der Waals surface area contributed by atoms with Crippen LogP contribution in [0.3, 0.4) is 0 Å². The zero-order chi connectivity index (χ0) is 14.8. The minimum Gasteiger partial charge on any atom is -0.481 e. The molecule has 1 aromatic carbocycles. The number of alkyl halides is 3. The van der Waals surface area contributed by atoms with Crippen molar-refractivity contribution in [2.75, 3.05) is 13.1 Å². The van der Waals surface area contributed by atoms with E-state index >= 15 is 0 Å². The molecular formula is C14H16F3NO2. The van der Waals surface area contributed by atoms with Crippen LogP contribution in [0.2, 0.25) is 0 Å². The minimum atomic E-state index is -4.15. The summed E-state index contributed by atoms with van der Waals surface area (Å²) < 4.78 is 36.4. The molecule has 1 aromatic rings. The van der Waals surface area contributed by atoms with Gasteiger partial charge in [-0.1, -0.05) is 24.3 Å². The highest BCUT2D eigenvalue weighted by Gasteiger charge is 2.31. The van der Waals surface area contributed by atoms with E-state index in [1.54, 1.807) is 17.0 Å². The van der Waals surface area contributed by atoms with Gasteiger partial charge in [-0.15, -0.1) is 0 Å². The lowest BCUT2D eigenvalue weighted by Crippen LogP contribution is -2.37. The van der Waals surface area contributed by atoms with Crippen LogP contribution in [0.15, 0.2) is 24.3 Å². The zero-order valence-corrected chi connectivity index (χ0v) is 10.9. The number of fused-ring (bicyclic) bond motifs is 1. The molecule has 20 heavy (non-hydrogen) atoms. The molecule has 0 saturated carbocycles. The van der Waals surface area contributed by atoms with Crippen LogP contribution in [-0.2, 0) is 11.3 Å².